The van der Waals surface area contributed by atoms with E-state index in [-0.39, 0.29) is 118 Å². The number of carbonyl (C=O) groups excluding carboxylic acids is 4. The molecule has 135 heavy (non-hydrogen) atoms. The molecule has 0 saturated heterocycles. The second kappa shape index (κ2) is 31.1. The molecule has 16 aromatic rings. The molecular formula is C99H70Cl3F5N16O12. The van der Waals surface area contributed by atoms with Crippen LogP contribution in [0.5, 0.6) is 69.0 Å². The predicted octanol–water partition coefficient (Wildman–Crippen LogP) is 21.0. The summed E-state index contributed by atoms with van der Waals surface area (Å²) in [7, 11) is 0. The van der Waals surface area contributed by atoms with Gasteiger partial charge >= 0.3 is 6.18 Å². The molecular weight excluding hydrogens is 1810 g/mol. The fraction of sp³-hybridized carbons (Fsp3) is 0.232. The van der Waals surface area contributed by atoms with E-state index in [4.69, 9.17) is 77.7 Å². The van der Waals surface area contributed by atoms with Crippen molar-refractivity contribution in [1.82, 2.24) is 59.8 Å². The number of benzene rings is 8. The van der Waals surface area contributed by atoms with Crippen molar-refractivity contribution in [2.45, 2.75) is 143 Å². The maximum atomic E-state index is 13.9. The number of anilines is 4. The number of fused-ring (bicyclic) bond motifs is 20. The summed E-state index contributed by atoms with van der Waals surface area (Å²) in [6, 6.07) is 42.7. The van der Waals surface area contributed by atoms with Gasteiger partial charge in [-0.1, -0.05) is 34.8 Å². The van der Waals surface area contributed by atoms with E-state index in [2.05, 4.69) is 76.1 Å². The van der Waals surface area contributed by atoms with Crippen LogP contribution in [0.4, 0.5) is 45.2 Å². The summed E-state index contributed by atoms with van der Waals surface area (Å²) in [5.74, 6) is 14.2. The molecule has 28 rings (SSSR count). The first-order chi connectivity index (χ1) is 65.4. The Hall–Kier alpha value is -15.0. The maximum absolute atomic E-state index is 13.9. The van der Waals surface area contributed by atoms with Crippen LogP contribution in [0.3, 0.4) is 0 Å². The van der Waals surface area contributed by atoms with Gasteiger partial charge in [0, 0.05) is 131 Å². The lowest BCUT2D eigenvalue weighted by Gasteiger charge is -2.19. The standard InChI is InChI=1S/C25H16ClF3N4O3.2C25H19FN4O3.C24H16Cl2N4O3/c26-14-9-16-15(8-13(14)25(27,28)29)31-24(32-16)21-20-12-7-10(1-3-17(12)36-22(20)21)35-18-5-6-30-23-11(18)2-4-19(34)33-23;2*1-11-8-16-17(10-15(11)26)29-25(28-16)22-21-14-9-12(2-4-18(14)33-23(21)22)32-19-6-7-27-24-13(19)3-5-20(31)30-24;25-13-8-15-16(9-14(13)26)29-24(28-15)21-20-12-7-10(1-3-17(12)33-22(20)21)32-18-5-6-27-23-11(18)2-4-19(31)30-23/h1,3,5-9,20-22H,2,4H2,(H,31,32)(H,30,33,34);2*2,4,6-10,21-23H,3,5H2,1H3,(H,28,29)(H,27,30,31);1,3,5-9,20-22H,2,4H2,(H,28,29)(H,27,30,31)/t20-,21-,22-;2*21-,22-,23-;20-,21-,22-/m1100/s1. The Balaban J connectivity index is 0.0000000961. The number of pyridine rings is 4. The van der Waals surface area contributed by atoms with E-state index in [0.717, 1.165) is 119 Å². The summed E-state index contributed by atoms with van der Waals surface area (Å²) in [5.41, 5.74) is 13.3. The zero-order chi connectivity index (χ0) is 91.6. The van der Waals surface area contributed by atoms with E-state index in [1.54, 1.807) is 69.0 Å². The maximum Gasteiger partial charge on any atom is 0.417 e. The van der Waals surface area contributed by atoms with E-state index in [0.29, 0.717) is 158 Å². The Bertz CT molecular complexity index is 7200. The highest BCUT2D eigenvalue weighted by Crippen LogP contribution is 2.68. The Morgan fingerprint density at radius 2 is 0.607 bits per heavy atom. The number of halogens is 8. The number of hydrogen-bond donors (Lipinski definition) is 8. The molecule has 4 saturated carbocycles. The molecule has 4 amide bonds. The zero-order valence-electron chi connectivity index (χ0n) is 70.8. The number of hydrogen-bond acceptors (Lipinski definition) is 20. The van der Waals surface area contributed by atoms with Gasteiger partial charge in [0.15, 0.2) is 0 Å². The fourth-order valence-electron chi connectivity index (χ4n) is 20.1. The number of carbonyl (C=O) groups is 4. The molecule has 8 aromatic carbocycles. The van der Waals surface area contributed by atoms with Gasteiger partial charge in [-0.05, 0) is 184 Å². The number of amides is 4. The molecule has 12 aliphatic rings. The molecule has 0 radical (unpaired) electrons. The van der Waals surface area contributed by atoms with Crippen LogP contribution in [0.1, 0.15) is 158 Å². The van der Waals surface area contributed by atoms with Crippen LogP contribution in [0.25, 0.3) is 44.1 Å². The number of aromatic amines is 4. The van der Waals surface area contributed by atoms with E-state index >= 15 is 0 Å². The van der Waals surface area contributed by atoms with E-state index < -0.39 is 11.7 Å². The summed E-state index contributed by atoms with van der Waals surface area (Å²) in [4.78, 5) is 95.3. The van der Waals surface area contributed by atoms with Crippen molar-refractivity contribution in [1.29, 1.82) is 0 Å². The number of alkyl halides is 3. The second-order valence-electron chi connectivity index (χ2n) is 35.3. The van der Waals surface area contributed by atoms with Crippen LogP contribution in [0.15, 0.2) is 170 Å². The van der Waals surface area contributed by atoms with Gasteiger partial charge in [0.05, 0.1) is 88.4 Å². The first kappa shape index (κ1) is 82.0. The smallest absolute Gasteiger partial charge is 0.417 e. The van der Waals surface area contributed by atoms with Crippen molar-refractivity contribution in [2.24, 2.45) is 0 Å². The first-order valence-electron chi connectivity index (χ1n) is 43.9. The third kappa shape index (κ3) is 14.5. The monoisotopic (exact) mass is 1870 g/mol. The molecule has 0 spiro atoms. The normalized spacial score (nSPS) is 22.1. The summed E-state index contributed by atoms with van der Waals surface area (Å²) in [5, 5.41) is 11.8. The van der Waals surface area contributed by atoms with Gasteiger partial charge < -0.3 is 79.1 Å². The number of aromatic nitrogens is 12. The van der Waals surface area contributed by atoms with Crippen LogP contribution in [0, 0.1) is 25.5 Å². The molecule has 674 valence electrons. The van der Waals surface area contributed by atoms with Gasteiger partial charge in [0.2, 0.25) is 23.6 Å². The Labute approximate surface area is 775 Å². The lowest BCUT2D eigenvalue weighted by molar-refractivity contribution is -0.137. The molecule has 8 aromatic heterocycles. The van der Waals surface area contributed by atoms with E-state index in [1.807, 2.05) is 91.0 Å². The molecule has 8 aliphatic heterocycles. The highest BCUT2D eigenvalue weighted by Gasteiger charge is 2.64. The number of imidazole rings is 4. The van der Waals surface area contributed by atoms with Crippen molar-refractivity contribution < 1.29 is 79.0 Å². The number of ether oxygens (including phenoxy) is 8. The summed E-state index contributed by atoms with van der Waals surface area (Å²) in [6.07, 6.45) is 5.83. The van der Waals surface area contributed by atoms with Crippen molar-refractivity contribution >= 4 is 126 Å². The molecule has 16 heterocycles. The fourth-order valence-corrected chi connectivity index (χ4v) is 20.7. The minimum atomic E-state index is -4.55. The third-order valence-electron chi connectivity index (χ3n) is 26.9. The van der Waals surface area contributed by atoms with Crippen LogP contribution < -0.4 is 59.2 Å². The third-order valence-corrected chi connectivity index (χ3v) is 27.9. The van der Waals surface area contributed by atoms with Crippen molar-refractivity contribution in [2.75, 3.05) is 21.3 Å². The molecule has 28 nitrogen and oxygen atoms in total. The quantitative estimate of drug-likeness (QED) is 0.0527. The van der Waals surface area contributed by atoms with Crippen LogP contribution in [-0.2, 0) is 51.0 Å². The average Bonchev–Trinajstić information content (AvgIpc) is 1.55. The summed E-state index contributed by atoms with van der Waals surface area (Å²) >= 11 is 18.1. The molecule has 36 heteroatoms. The number of H-pyrrole nitrogens is 4. The number of rotatable bonds is 12. The number of aryl methyl sites for hydroxylation is 2. The second-order valence-corrected chi connectivity index (χ2v) is 36.6. The summed E-state index contributed by atoms with van der Waals surface area (Å²) < 4.78 is 117. The van der Waals surface area contributed by atoms with Crippen LogP contribution in [0.2, 0.25) is 15.1 Å². The topological polar surface area (TPSA) is 357 Å². The van der Waals surface area contributed by atoms with Gasteiger partial charge in [-0.3, -0.25) is 19.2 Å². The first-order valence-corrected chi connectivity index (χ1v) is 45.0. The van der Waals surface area contributed by atoms with Gasteiger partial charge in [-0.25, -0.2) is 48.7 Å². The lowest BCUT2D eigenvalue weighted by Crippen LogP contribution is -2.20. The molecule has 0 unspecified atom stereocenters. The molecule has 12 atom stereocenters. The van der Waals surface area contributed by atoms with E-state index in [9.17, 15) is 41.1 Å². The predicted molar refractivity (Wildman–Crippen MR) is 484 cm³/mol. The molecule has 4 fully saturated rings. The van der Waals surface area contributed by atoms with Crippen molar-refractivity contribution in [3.05, 3.63) is 282 Å². The highest BCUT2D eigenvalue weighted by molar-refractivity contribution is 6.42. The van der Waals surface area contributed by atoms with Crippen LogP contribution in [-0.4, -0.2) is 108 Å². The minimum Gasteiger partial charge on any atom is -0.489 e. The van der Waals surface area contributed by atoms with Crippen molar-refractivity contribution in [3.8, 4) is 69.0 Å². The summed E-state index contributed by atoms with van der Waals surface area (Å²) in [6.45, 7) is 3.49. The minimum absolute atomic E-state index is 0.00677. The largest absolute Gasteiger partial charge is 0.489 e. The molecule has 4 aliphatic carbocycles. The Morgan fingerprint density at radius 3 is 0.911 bits per heavy atom. The number of nitrogens with one attached hydrogen (secondary N) is 8. The van der Waals surface area contributed by atoms with Crippen molar-refractivity contribution in [3.63, 3.8) is 0 Å². The van der Waals surface area contributed by atoms with Gasteiger partial charge in [-0.2, -0.15) is 13.2 Å². The lowest BCUT2D eigenvalue weighted by atomic mass is 10.1. The molecule has 8 N–H and O–H groups in total. The van der Waals surface area contributed by atoms with E-state index in [1.165, 1.54) is 18.2 Å². The molecule has 0 bridgehead atoms. The Kier molecular flexibility index (Phi) is 18.9. The average molecular weight is 1880 g/mol. The Morgan fingerprint density at radius 1 is 0.333 bits per heavy atom. The van der Waals surface area contributed by atoms with Gasteiger partial charge in [0.25, 0.3) is 0 Å². The zero-order valence-corrected chi connectivity index (χ0v) is 73.0. The SMILES string of the molecule is Cc1cc2[nH]c([C@@H]3[C@H]4Oc5ccc(Oc6ccnc7c6CCC(=O)N7)cc5[C@H]43)nc2cc1F.Cc1cc2[nH]c([C@H]3[C@@H]4Oc5ccc(Oc6ccnc7c6CCC(=O)N7)cc5[C@@H]43)nc2cc1F.O=C1CCc2c(Oc3ccc4c(c3)[C@@H]3[C@H](O4)[C@H]3c3nc4cc(Cl)c(Cl)cc4[nH]3)ccnc2N1.O=C1CCc2c(Oc3ccc4c(c3)[C@H]3[C@@H](O4)[C@@H]3c3nc4cc(Cl)c(C(F)(F)F)cc4[nH]3)ccnc2N1. The van der Waals surface area contributed by atoms with Gasteiger partial charge in [-0.15, -0.1) is 0 Å². The van der Waals surface area contributed by atoms with Crippen LogP contribution >= 0.6 is 34.8 Å². The number of nitrogens with zero attached hydrogens (tertiary/aromatic N) is 8. The van der Waals surface area contributed by atoms with Gasteiger partial charge in [0.1, 0.15) is 152 Å². The highest BCUT2D eigenvalue weighted by atomic mass is 35.5.